The number of halogens is 3. The maximum atomic E-state index is 14.5. The molecule has 5 nitrogen and oxygen atoms in total. The predicted molar refractivity (Wildman–Crippen MR) is 114 cm³/mol. The molecule has 8 heteroatoms. The van der Waals surface area contributed by atoms with E-state index < -0.39 is 17.7 Å². The van der Waals surface area contributed by atoms with Crippen molar-refractivity contribution in [3.63, 3.8) is 0 Å². The van der Waals surface area contributed by atoms with Gasteiger partial charge in [0.25, 0.3) is 0 Å². The van der Waals surface area contributed by atoms with Crippen molar-refractivity contribution in [2.45, 2.75) is 37.3 Å². The number of aromatic amines is 1. The average Bonchev–Trinajstić information content (AvgIpc) is 3.32. The summed E-state index contributed by atoms with van der Waals surface area (Å²) in [6.45, 7) is 0.935. The number of nitrogens with one attached hydrogen (secondary N) is 3. The van der Waals surface area contributed by atoms with Gasteiger partial charge in [0, 0.05) is 24.5 Å². The molecule has 1 aliphatic carbocycles. The molecule has 2 fully saturated rings. The third-order valence-electron chi connectivity index (χ3n) is 6.63. The van der Waals surface area contributed by atoms with Crippen LogP contribution in [0.2, 0.25) is 0 Å². The lowest BCUT2D eigenvalue weighted by atomic mass is 9.70. The third-order valence-corrected chi connectivity index (χ3v) is 6.63. The zero-order chi connectivity index (χ0) is 22.4. The van der Waals surface area contributed by atoms with E-state index in [-0.39, 0.29) is 35.1 Å². The molecule has 5 rings (SSSR count). The standard InChI is InChI=1S/C24H24F3N3O2/c25-15-3-1-13(2-4-15)22-21(18-7-16(26)8-19(27)23(18)30-22)14-5-12(6-14)10-29-24(32)20-9-17(31)11-28-20/h1-4,7-8,12,14,17,20,28,30-31H,5-6,9-11H2,(H,29,32)/t12-,14-,17-,20-/m0/s1. The van der Waals surface area contributed by atoms with Gasteiger partial charge in [0.15, 0.2) is 0 Å². The molecule has 1 saturated heterocycles. The van der Waals surface area contributed by atoms with Crippen LogP contribution in [0, 0.1) is 23.4 Å². The Kier molecular flexibility index (Phi) is 5.43. The second kappa shape index (κ2) is 8.26. The molecule has 2 atom stereocenters. The van der Waals surface area contributed by atoms with Crippen LogP contribution in [0.5, 0.6) is 0 Å². The van der Waals surface area contributed by atoms with E-state index in [1.807, 2.05) is 0 Å². The number of H-pyrrole nitrogens is 1. The lowest BCUT2D eigenvalue weighted by Gasteiger charge is -2.36. The first kappa shape index (κ1) is 21.0. The van der Waals surface area contributed by atoms with Crippen molar-refractivity contribution in [1.29, 1.82) is 0 Å². The normalized spacial score (nSPS) is 25.1. The van der Waals surface area contributed by atoms with Crippen molar-refractivity contribution in [2.24, 2.45) is 5.92 Å². The fourth-order valence-electron chi connectivity index (χ4n) is 4.93. The van der Waals surface area contributed by atoms with Gasteiger partial charge in [-0.2, -0.15) is 0 Å². The highest BCUT2D eigenvalue weighted by molar-refractivity contribution is 5.92. The number of aliphatic hydroxyl groups is 1. The number of benzene rings is 2. The van der Waals surface area contributed by atoms with Crippen LogP contribution in [0.15, 0.2) is 36.4 Å². The van der Waals surface area contributed by atoms with Gasteiger partial charge in [0.05, 0.1) is 23.4 Å². The van der Waals surface area contributed by atoms with Crippen molar-refractivity contribution < 1.29 is 23.1 Å². The van der Waals surface area contributed by atoms with Crippen molar-refractivity contribution in [3.8, 4) is 11.3 Å². The minimum Gasteiger partial charge on any atom is -0.392 e. The Morgan fingerprint density at radius 3 is 2.50 bits per heavy atom. The molecule has 2 heterocycles. The molecule has 1 amide bonds. The predicted octanol–water partition coefficient (Wildman–Crippen LogP) is 3.58. The van der Waals surface area contributed by atoms with Crippen molar-refractivity contribution in [2.75, 3.05) is 13.1 Å². The van der Waals surface area contributed by atoms with E-state index in [1.165, 1.54) is 18.2 Å². The summed E-state index contributed by atoms with van der Waals surface area (Å²) in [5, 5.41) is 16.0. The Morgan fingerprint density at radius 2 is 1.81 bits per heavy atom. The Bertz CT molecular complexity index is 1160. The molecule has 2 aliphatic rings. The SMILES string of the molecule is O=C(NC[C@H]1C[C@H](c2c(-c3ccc(F)cc3)[nH]c3c(F)cc(F)cc32)C1)[C@@H]1C[C@H](O)CN1. The Hall–Kier alpha value is -2.84. The van der Waals surface area contributed by atoms with Gasteiger partial charge in [-0.1, -0.05) is 0 Å². The third kappa shape index (κ3) is 3.89. The number of hydrogen-bond acceptors (Lipinski definition) is 3. The summed E-state index contributed by atoms with van der Waals surface area (Å²) in [4.78, 5) is 15.3. The molecule has 1 aromatic heterocycles. The fourth-order valence-corrected chi connectivity index (χ4v) is 4.93. The number of aromatic nitrogens is 1. The summed E-state index contributed by atoms with van der Waals surface area (Å²) in [6, 6.07) is 7.75. The maximum absolute atomic E-state index is 14.5. The van der Waals surface area contributed by atoms with Crippen molar-refractivity contribution in [1.82, 2.24) is 15.6 Å². The first-order valence-electron chi connectivity index (χ1n) is 10.8. The quantitative estimate of drug-likeness (QED) is 0.487. The van der Waals surface area contributed by atoms with Crippen LogP contribution in [0.3, 0.4) is 0 Å². The largest absolute Gasteiger partial charge is 0.392 e. The first-order chi connectivity index (χ1) is 15.4. The molecule has 3 aromatic rings. The number of carbonyl (C=O) groups is 1. The smallest absolute Gasteiger partial charge is 0.237 e. The molecule has 0 spiro atoms. The topological polar surface area (TPSA) is 77.2 Å². The van der Waals surface area contributed by atoms with E-state index in [0.717, 1.165) is 24.5 Å². The summed E-state index contributed by atoms with van der Waals surface area (Å²) < 4.78 is 41.9. The molecule has 1 aliphatic heterocycles. The highest BCUT2D eigenvalue weighted by atomic mass is 19.1. The van der Waals surface area contributed by atoms with Gasteiger partial charge in [0.2, 0.25) is 5.91 Å². The molecule has 0 unspecified atom stereocenters. The zero-order valence-electron chi connectivity index (χ0n) is 17.3. The second-order valence-electron chi connectivity index (χ2n) is 8.86. The van der Waals surface area contributed by atoms with Gasteiger partial charge in [-0.15, -0.1) is 0 Å². The van der Waals surface area contributed by atoms with Crippen LogP contribution >= 0.6 is 0 Å². The van der Waals surface area contributed by atoms with Gasteiger partial charge in [-0.3, -0.25) is 4.79 Å². The first-order valence-corrected chi connectivity index (χ1v) is 10.8. The van der Waals surface area contributed by atoms with E-state index in [1.54, 1.807) is 12.1 Å². The summed E-state index contributed by atoms with van der Waals surface area (Å²) in [5.74, 6) is -1.47. The second-order valence-corrected chi connectivity index (χ2v) is 8.86. The van der Waals surface area contributed by atoms with Crippen molar-refractivity contribution >= 4 is 16.8 Å². The molecular weight excluding hydrogens is 419 g/mol. The molecule has 32 heavy (non-hydrogen) atoms. The van der Waals surface area contributed by atoms with Crippen LogP contribution < -0.4 is 10.6 Å². The molecule has 1 saturated carbocycles. The minimum atomic E-state index is -0.663. The lowest BCUT2D eigenvalue weighted by Crippen LogP contribution is -2.43. The van der Waals surface area contributed by atoms with Gasteiger partial charge in [-0.25, -0.2) is 13.2 Å². The Labute approximate surface area is 183 Å². The number of rotatable bonds is 5. The Morgan fingerprint density at radius 1 is 1.06 bits per heavy atom. The summed E-state index contributed by atoms with van der Waals surface area (Å²) in [7, 11) is 0. The molecule has 2 aromatic carbocycles. The van der Waals surface area contributed by atoms with Crippen LogP contribution in [0.1, 0.15) is 30.7 Å². The summed E-state index contributed by atoms with van der Waals surface area (Å²) >= 11 is 0. The monoisotopic (exact) mass is 443 g/mol. The van der Waals surface area contributed by atoms with Gasteiger partial charge >= 0.3 is 0 Å². The number of aliphatic hydroxyl groups excluding tert-OH is 1. The zero-order valence-corrected chi connectivity index (χ0v) is 17.3. The fraction of sp³-hybridized carbons (Fsp3) is 0.375. The molecule has 4 N–H and O–H groups in total. The van der Waals surface area contributed by atoms with Gasteiger partial charge < -0.3 is 20.7 Å². The van der Waals surface area contributed by atoms with E-state index in [4.69, 9.17) is 0 Å². The number of amides is 1. The van der Waals surface area contributed by atoms with E-state index >= 15 is 0 Å². The van der Waals surface area contributed by atoms with Gasteiger partial charge in [-0.05, 0) is 72.6 Å². The molecule has 0 radical (unpaired) electrons. The number of β-amino-alcohol motifs (C(OH)–C–C–N with tert-alkyl or cyclic N) is 1. The van der Waals surface area contributed by atoms with Crippen LogP contribution in [-0.4, -0.2) is 41.2 Å². The maximum Gasteiger partial charge on any atom is 0.237 e. The lowest BCUT2D eigenvalue weighted by molar-refractivity contribution is -0.123. The Balaban J connectivity index is 1.35. The van der Waals surface area contributed by atoms with Crippen molar-refractivity contribution in [3.05, 3.63) is 59.4 Å². The molecule has 168 valence electrons. The number of hydrogen-bond donors (Lipinski definition) is 4. The van der Waals surface area contributed by atoms with Gasteiger partial charge in [0.1, 0.15) is 17.5 Å². The minimum absolute atomic E-state index is 0.0679. The van der Waals surface area contributed by atoms with E-state index in [0.29, 0.717) is 36.2 Å². The summed E-state index contributed by atoms with van der Waals surface area (Å²) in [5.41, 5.74) is 2.44. The van der Waals surface area contributed by atoms with Crippen LogP contribution in [-0.2, 0) is 4.79 Å². The van der Waals surface area contributed by atoms with Crippen LogP contribution in [0.25, 0.3) is 22.2 Å². The number of carbonyl (C=O) groups excluding carboxylic acids is 1. The summed E-state index contributed by atoms with van der Waals surface area (Å²) in [6.07, 6.45) is 1.44. The molecule has 0 bridgehead atoms. The number of fused-ring (bicyclic) bond motifs is 1. The molecular formula is C24H24F3N3O2. The highest BCUT2D eigenvalue weighted by Crippen LogP contribution is 2.48. The van der Waals surface area contributed by atoms with Crippen LogP contribution in [0.4, 0.5) is 13.2 Å². The highest BCUT2D eigenvalue weighted by Gasteiger charge is 2.35. The van der Waals surface area contributed by atoms with E-state index in [9.17, 15) is 23.1 Å². The van der Waals surface area contributed by atoms with E-state index in [2.05, 4.69) is 15.6 Å². The average molecular weight is 443 g/mol.